The smallest absolute Gasteiger partial charge is 0.224 e. The average Bonchev–Trinajstić information content (AvgIpc) is 2.28. The fourth-order valence-corrected chi connectivity index (χ4v) is 1.35. The molecule has 0 aromatic heterocycles. The highest BCUT2D eigenvalue weighted by atomic mass is 16.2. The van der Waals surface area contributed by atoms with Gasteiger partial charge in [-0.15, -0.1) is 0 Å². The minimum atomic E-state index is -0.197. The molecular weight excluding hydrogens is 232 g/mol. The lowest BCUT2D eigenvalue weighted by Crippen LogP contribution is -2.12. The van der Waals surface area contributed by atoms with E-state index in [9.17, 15) is 14.4 Å². The van der Waals surface area contributed by atoms with E-state index in [0.29, 0.717) is 11.4 Å². The predicted octanol–water partition coefficient (Wildman–Crippen LogP) is 1.95. The van der Waals surface area contributed by atoms with Crippen LogP contribution in [0.3, 0.4) is 0 Å². The molecule has 96 valence electrons. The standard InChI is InChI=1S/C13H16N2O3/c1-9(16)3-8-13(18)15-12-6-4-11(5-7-12)14-10(2)17/h4-7H,3,8H2,1-2H3,(H,14,17)(H,15,18). The van der Waals surface area contributed by atoms with Crippen molar-refractivity contribution in [1.29, 1.82) is 0 Å². The minimum absolute atomic E-state index is 0.00819. The van der Waals surface area contributed by atoms with Crippen LogP contribution in [0, 0.1) is 0 Å². The van der Waals surface area contributed by atoms with Crippen molar-refractivity contribution < 1.29 is 14.4 Å². The molecule has 0 aliphatic rings. The Morgan fingerprint density at radius 2 is 1.39 bits per heavy atom. The molecule has 0 radical (unpaired) electrons. The van der Waals surface area contributed by atoms with Gasteiger partial charge in [0, 0.05) is 31.1 Å². The van der Waals surface area contributed by atoms with Gasteiger partial charge in [0.2, 0.25) is 11.8 Å². The van der Waals surface area contributed by atoms with Crippen LogP contribution >= 0.6 is 0 Å². The average molecular weight is 248 g/mol. The molecule has 1 aromatic carbocycles. The number of ketones is 1. The van der Waals surface area contributed by atoms with Crippen molar-refractivity contribution >= 4 is 29.0 Å². The molecule has 5 nitrogen and oxygen atoms in total. The van der Waals surface area contributed by atoms with E-state index in [4.69, 9.17) is 0 Å². The van der Waals surface area contributed by atoms with Crippen molar-refractivity contribution in [3.8, 4) is 0 Å². The lowest BCUT2D eigenvalue weighted by Gasteiger charge is -2.06. The highest BCUT2D eigenvalue weighted by molar-refractivity contribution is 5.94. The molecule has 0 heterocycles. The minimum Gasteiger partial charge on any atom is -0.326 e. The number of anilines is 2. The zero-order valence-corrected chi connectivity index (χ0v) is 10.4. The second-order valence-corrected chi connectivity index (χ2v) is 4.01. The number of carbonyl (C=O) groups is 3. The molecule has 0 bridgehead atoms. The normalized spacial score (nSPS) is 9.67. The maximum atomic E-state index is 11.4. The van der Waals surface area contributed by atoms with Crippen LogP contribution in [0.1, 0.15) is 26.7 Å². The van der Waals surface area contributed by atoms with Crippen molar-refractivity contribution in [2.24, 2.45) is 0 Å². The summed E-state index contributed by atoms with van der Waals surface area (Å²) in [6, 6.07) is 6.78. The lowest BCUT2D eigenvalue weighted by molar-refractivity contribution is -0.121. The maximum Gasteiger partial charge on any atom is 0.224 e. The third kappa shape index (κ3) is 5.25. The third-order valence-electron chi connectivity index (χ3n) is 2.19. The highest BCUT2D eigenvalue weighted by Gasteiger charge is 2.04. The van der Waals surface area contributed by atoms with Gasteiger partial charge in [0.15, 0.2) is 0 Å². The number of benzene rings is 1. The number of amides is 2. The Labute approximate surface area is 106 Å². The van der Waals surface area contributed by atoms with Crippen LogP contribution in [-0.4, -0.2) is 17.6 Å². The van der Waals surface area contributed by atoms with Gasteiger partial charge in [0.25, 0.3) is 0 Å². The van der Waals surface area contributed by atoms with E-state index in [1.807, 2.05) is 0 Å². The molecule has 18 heavy (non-hydrogen) atoms. The molecule has 1 aromatic rings. The van der Waals surface area contributed by atoms with E-state index in [1.165, 1.54) is 13.8 Å². The van der Waals surface area contributed by atoms with Gasteiger partial charge in [0.1, 0.15) is 5.78 Å². The highest BCUT2D eigenvalue weighted by Crippen LogP contribution is 2.13. The van der Waals surface area contributed by atoms with Crippen molar-refractivity contribution in [3.05, 3.63) is 24.3 Å². The summed E-state index contributed by atoms with van der Waals surface area (Å²) in [5.41, 5.74) is 1.31. The number of hydrogen-bond acceptors (Lipinski definition) is 3. The second-order valence-electron chi connectivity index (χ2n) is 4.01. The summed E-state index contributed by atoms with van der Waals surface area (Å²) in [7, 11) is 0. The van der Waals surface area contributed by atoms with E-state index in [0.717, 1.165) is 0 Å². The monoisotopic (exact) mass is 248 g/mol. The first-order valence-electron chi connectivity index (χ1n) is 5.64. The fourth-order valence-electron chi connectivity index (χ4n) is 1.35. The van der Waals surface area contributed by atoms with E-state index >= 15 is 0 Å². The van der Waals surface area contributed by atoms with Gasteiger partial charge in [-0.1, -0.05) is 0 Å². The lowest BCUT2D eigenvalue weighted by atomic mass is 10.2. The van der Waals surface area contributed by atoms with Crippen LogP contribution < -0.4 is 10.6 Å². The van der Waals surface area contributed by atoms with E-state index in [1.54, 1.807) is 24.3 Å². The van der Waals surface area contributed by atoms with Crippen LogP contribution in [0.15, 0.2) is 24.3 Å². The molecule has 0 saturated carbocycles. The van der Waals surface area contributed by atoms with Crippen LogP contribution in [0.4, 0.5) is 11.4 Å². The van der Waals surface area contributed by atoms with Crippen molar-refractivity contribution in [2.45, 2.75) is 26.7 Å². The largest absolute Gasteiger partial charge is 0.326 e. The second kappa shape index (κ2) is 6.54. The third-order valence-corrected chi connectivity index (χ3v) is 2.19. The molecular formula is C13H16N2O3. The summed E-state index contributed by atoms with van der Waals surface area (Å²) < 4.78 is 0. The first-order chi connectivity index (χ1) is 8.47. The van der Waals surface area contributed by atoms with Crippen LogP contribution in [0.5, 0.6) is 0 Å². The SMILES string of the molecule is CC(=O)CCC(=O)Nc1ccc(NC(C)=O)cc1. The van der Waals surface area contributed by atoms with E-state index < -0.39 is 0 Å². The molecule has 0 unspecified atom stereocenters. The number of hydrogen-bond donors (Lipinski definition) is 2. The summed E-state index contributed by atoms with van der Waals surface area (Å²) in [6.45, 7) is 2.88. The number of rotatable bonds is 5. The quantitative estimate of drug-likeness (QED) is 0.836. The predicted molar refractivity (Wildman–Crippen MR) is 69.3 cm³/mol. The Balaban J connectivity index is 2.50. The van der Waals surface area contributed by atoms with Gasteiger partial charge in [-0.25, -0.2) is 0 Å². The molecule has 1 rings (SSSR count). The summed E-state index contributed by atoms with van der Waals surface area (Å²) in [6.07, 6.45) is 0.429. The number of nitrogens with one attached hydrogen (secondary N) is 2. The summed E-state index contributed by atoms with van der Waals surface area (Å²) in [5, 5.41) is 5.30. The van der Waals surface area contributed by atoms with Gasteiger partial charge in [-0.05, 0) is 31.2 Å². The molecule has 0 saturated heterocycles. The van der Waals surface area contributed by atoms with Gasteiger partial charge in [0.05, 0.1) is 0 Å². The molecule has 5 heteroatoms. The molecule has 0 atom stereocenters. The summed E-state index contributed by atoms with van der Waals surface area (Å²) in [5.74, 6) is -0.350. The zero-order chi connectivity index (χ0) is 13.5. The van der Waals surface area contributed by atoms with Crippen LogP contribution in [-0.2, 0) is 14.4 Å². The fraction of sp³-hybridized carbons (Fsp3) is 0.308. The Morgan fingerprint density at radius 3 is 1.83 bits per heavy atom. The number of Topliss-reactive ketones (excluding diaryl/α,β-unsaturated/α-hetero) is 1. The first-order valence-corrected chi connectivity index (χ1v) is 5.64. The first kappa shape index (κ1) is 13.9. The molecule has 2 N–H and O–H groups in total. The molecule has 2 amide bonds. The summed E-state index contributed by atoms with van der Waals surface area (Å²) in [4.78, 5) is 33.0. The van der Waals surface area contributed by atoms with Crippen molar-refractivity contribution in [1.82, 2.24) is 0 Å². The van der Waals surface area contributed by atoms with Gasteiger partial charge < -0.3 is 15.4 Å². The van der Waals surface area contributed by atoms with E-state index in [-0.39, 0.29) is 30.4 Å². The van der Waals surface area contributed by atoms with Gasteiger partial charge in [-0.2, -0.15) is 0 Å². The van der Waals surface area contributed by atoms with Crippen molar-refractivity contribution in [3.63, 3.8) is 0 Å². The van der Waals surface area contributed by atoms with Crippen LogP contribution in [0.25, 0.3) is 0 Å². The Morgan fingerprint density at radius 1 is 0.889 bits per heavy atom. The summed E-state index contributed by atoms with van der Waals surface area (Å²) >= 11 is 0. The van der Waals surface area contributed by atoms with Crippen LogP contribution in [0.2, 0.25) is 0 Å². The maximum absolute atomic E-state index is 11.4. The Bertz CT molecular complexity index is 452. The van der Waals surface area contributed by atoms with E-state index in [2.05, 4.69) is 10.6 Å². The van der Waals surface area contributed by atoms with Crippen molar-refractivity contribution in [2.75, 3.05) is 10.6 Å². The molecule has 0 aliphatic heterocycles. The molecule has 0 fully saturated rings. The van der Waals surface area contributed by atoms with Gasteiger partial charge in [-0.3, -0.25) is 9.59 Å². The number of carbonyl (C=O) groups excluding carboxylic acids is 3. The molecule has 0 aliphatic carbocycles. The Kier molecular flexibility index (Phi) is 5.05. The van der Waals surface area contributed by atoms with Gasteiger partial charge >= 0.3 is 0 Å². The molecule has 0 spiro atoms. The zero-order valence-electron chi connectivity index (χ0n) is 10.4. The topological polar surface area (TPSA) is 75.3 Å². The Hall–Kier alpha value is -2.17.